The van der Waals surface area contributed by atoms with E-state index < -0.39 is 6.10 Å². The summed E-state index contributed by atoms with van der Waals surface area (Å²) in [6, 6.07) is 6.43. The van der Waals surface area contributed by atoms with Crippen LogP contribution in [0.15, 0.2) is 33.5 Å². The van der Waals surface area contributed by atoms with E-state index in [0.717, 1.165) is 0 Å². The molecule has 0 bridgehead atoms. The number of fused-ring (bicyclic) bond motifs is 1. The number of H-pyrrole nitrogens is 1. The van der Waals surface area contributed by atoms with Crippen molar-refractivity contribution in [2.75, 3.05) is 17.7 Å². The Morgan fingerprint density at radius 1 is 1.45 bits per heavy atom. The van der Waals surface area contributed by atoms with E-state index in [0.29, 0.717) is 16.7 Å². The molecule has 0 saturated heterocycles. The third kappa shape index (κ3) is 2.78. The first kappa shape index (κ1) is 14.5. The highest BCUT2D eigenvalue weighted by Gasteiger charge is 2.13. The molecule has 0 aliphatic heterocycles. The molecule has 0 fully saturated rings. The number of hydrogen-bond donors (Lipinski definition) is 3. The number of aliphatic hydroxyl groups is 1. The highest BCUT2D eigenvalue weighted by molar-refractivity contribution is 6.18. The maximum Gasteiger partial charge on any atom is 0.239 e. The van der Waals surface area contributed by atoms with Crippen molar-refractivity contribution in [1.82, 2.24) is 20.6 Å². The minimum Gasteiger partial charge on any atom is -0.450 e. The smallest absolute Gasteiger partial charge is 0.239 e. The van der Waals surface area contributed by atoms with Crippen LogP contribution in [0.4, 0.5) is 5.69 Å². The normalized spacial score (nSPS) is 12.5. The molecule has 0 amide bonds. The van der Waals surface area contributed by atoms with E-state index >= 15 is 0 Å². The summed E-state index contributed by atoms with van der Waals surface area (Å²) in [5.74, 6) is 0.503. The van der Waals surface area contributed by atoms with Gasteiger partial charge in [0, 0.05) is 12.6 Å². The molecule has 0 aliphatic carbocycles. The molecule has 0 radical (unpaired) electrons. The van der Waals surface area contributed by atoms with Crippen LogP contribution < -0.4 is 10.7 Å². The van der Waals surface area contributed by atoms with Crippen LogP contribution in [0.25, 0.3) is 22.6 Å². The van der Waals surface area contributed by atoms with Gasteiger partial charge < -0.3 is 14.8 Å². The Morgan fingerprint density at radius 2 is 2.32 bits per heavy atom. The molecule has 3 N–H and O–H groups in total. The lowest BCUT2D eigenvalue weighted by Gasteiger charge is -2.11. The maximum absolute atomic E-state index is 12.2. The van der Waals surface area contributed by atoms with Gasteiger partial charge in [0.15, 0.2) is 16.8 Å². The van der Waals surface area contributed by atoms with Gasteiger partial charge in [-0.15, -0.1) is 21.8 Å². The van der Waals surface area contributed by atoms with Crippen molar-refractivity contribution in [3.63, 3.8) is 0 Å². The van der Waals surface area contributed by atoms with Gasteiger partial charge in [0.2, 0.25) is 5.82 Å². The van der Waals surface area contributed by atoms with Gasteiger partial charge in [-0.1, -0.05) is 6.07 Å². The first-order valence-electron chi connectivity index (χ1n) is 6.47. The predicted molar refractivity (Wildman–Crippen MR) is 80.9 cm³/mol. The lowest BCUT2D eigenvalue weighted by molar-refractivity contribution is 0.211. The number of alkyl halides is 1. The van der Waals surface area contributed by atoms with Gasteiger partial charge >= 0.3 is 0 Å². The highest BCUT2D eigenvalue weighted by atomic mass is 35.5. The number of benzene rings is 1. The molecule has 2 aromatic heterocycles. The summed E-state index contributed by atoms with van der Waals surface area (Å²) < 4.78 is 5.72. The van der Waals surface area contributed by atoms with Gasteiger partial charge in [-0.3, -0.25) is 4.79 Å². The molecule has 3 aromatic rings. The van der Waals surface area contributed by atoms with E-state index in [9.17, 15) is 9.90 Å². The van der Waals surface area contributed by atoms with Gasteiger partial charge in [-0.05, 0) is 17.3 Å². The van der Waals surface area contributed by atoms with E-state index in [-0.39, 0.29) is 29.4 Å². The van der Waals surface area contributed by atoms with Crippen molar-refractivity contribution in [1.29, 1.82) is 0 Å². The fourth-order valence-electron chi connectivity index (χ4n) is 1.98. The van der Waals surface area contributed by atoms with E-state index in [1.54, 1.807) is 18.2 Å². The standard InChI is InChI=1S/C13H12ClN5O3/c14-5-7(20)6-15-9-3-1-2-8-10(21)4-11(22-12(8)9)13-16-18-19-17-13/h1-4,7,15,20H,5-6H2,(H,16,17,18,19). The minimum atomic E-state index is -0.705. The largest absolute Gasteiger partial charge is 0.450 e. The van der Waals surface area contributed by atoms with Gasteiger partial charge in [0.25, 0.3) is 0 Å². The topological polar surface area (TPSA) is 117 Å². The summed E-state index contributed by atoms with van der Waals surface area (Å²) in [5, 5.41) is 26.3. The number of aromatic nitrogens is 4. The summed E-state index contributed by atoms with van der Waals surface area (Å²) in [7, 11) is 0. The third-order valence-corrected chi connectivity index (χ3v) is 3.38. The third-order valence-electron chi connectivity index (χ3n) is 3.03. The molecule has 0 aliphatic rings. The number of hydrogen-bond acceptors (Lipinski definition) is 7. The van der Waals surface area contributed by atoms with Crippen LogP contribution in [-0.4, -0.2) is 44.3 Å². The average Bonchev–Trinajstić information content (AvgIpc) is 3.07. The second-order valence-corrected chi connectivity index (χ2v) is 4.89. The number of nitrogens with zero attached hydrogens (tertiary/aromatic N) is 3. The lowest BCUT2D eigenvalue weighted by atomic mass is 10.2. The summed E-state index contributed by atoms with van der Waals surface area (Å²) in [5.41, 5.74) is 0.711. The number of aliphatic hydroxyl groups excluding tert-OH is 1. The minimum absolute atomic E-state index is 0.107. The molecular formula is C13H12ClN5O3. The van der Waals surface area contributed by atoms with Crippen molar-refractivity contribution in [2.45, 2.75) is 6.10 Å². The van der Waals surface area contributed by atoms with Crippen molar-refractivity contribution in [3.05, 3.63) is 34.5 Å². The van der Waals surface area contributed by atoms with Crippen molar-refractivity contribution in [3.8, 4) is 11.6 Å². The van der Waals surface area contributed by atoms with E-state index in [1.807, 2.05) is 0 Å². The number of aromatic amines is 1. The molecule has 8 nitrogen and oxygen atoms in total. The molecule has 114 valence electrons. The van der Waals surface area contributed by atoms with E-state index in [2.05, 4.69) is 25.9 Å². The zero-order valence-electron chi connectivity index (χ0n) is 11.3. The Balaban J connectivity index is 2.07. The van der Waals surface area contributed by atoms with Crippen LogP contribution in [0.1, 0.15) is 0 Å². The van der Waals surface area contributed by atoms with Crippen molar-refractivity contribution in [2.24, 2.45) is 0 Å². The van der Waals surface area contributed by atoms with Crippen LogP contribution in [-0.2, 0) is 0 Å². The summed E-state index contributed by atoms with van der Waals surface area (Å²) in [6.07, 6.45) is -0.705. The monoisotopic (exact) mass is 321 g/mol. The fraction of sp³-hybridized carbons (Fsp3) is 0.231. The number of nitrogens with one attached hydrogen (secondary N) is 2. The Labute approximate surface area is 129 Å². The van der Waals surface area contributed by atoms with Crippen molar-refractivity contribution < 1.29 is 9.52 Å². The highest BCUT2D eigenvalue weighted by Crippen LogP contribution is 2.25. The second-order valence-electron chi connectivity index (χ2n) is 4.58. The fourth-order valence-corrected chi connectivity index (χ4v) is 2.08. The Bertz CT molecular complexity index is 833. The molecule has 1 unspecified atom stereocenters. The first-order valence-corrected chi connectivity index (χ1v) is 7.01. The molecule has 9 heteroatoms. The molecule has 22 heavy (non-hydrogen) atoms. The number of halogens is 1. The van der Waals surface area contributed by atoms with Crippen LogP contribution in [0.5, 0.6) is 0 Å². The summed E-state index contributed by atoms with van der Waals surface area (Å²) in [4.78, 5) is 12.2. The molecule has 0 spiro atoms. The summed E-state index contributed by atoms with van der Waals surface area (Å²) >= 11 is 5.56. The lowest BCUT2D eigenvalue weighted by Crippen LogP contribution is -2.21. The zero-order chi connectivity index (χ0) is 15.5. The number of anilines is 1. The van der Waals surface area contributed by atoms with Crippen LogP contribution in [0.2, 0.25) is 0 Å². The van der Waals surface area contributed by atoms with Crippen molar-refractivity contribution >= 4 is 28.3 Å². The van der Waals surface area contributed by atoms with Gasteiger partial charge in [-0.25, -0.2) is 0 Å². The molecule has 2 heterocycles. The van der Waals surface area contributed by atoms with Gasteiger partial charge in [0.05, 0.1) is 23.1 Å². The SMILES string of the molecule is O=c1cc(-c2nn[nH]n2)oc2c(NCC(O)CCl)cccc12. The number of rotatable bonds is 5. The first-order chi connectivity index (χ1) is 10.7. The average molecular weight is 322 g/mol. The van der Waals surface area contributed by atoms with Gasteiger partial charge in [0.1, 0.15) is 0 Å². The maximum atomic E-state index is 12.2. The van der Waals surface area contributed by atoms with Crippen LogP contribution in [0.3, 0.4) is 0 Å². The van der Waals surface area contributed by atoms with E-state index in [4.69, 9.17) is 16.0 Å². The Morgan fingerprint density at radius 3 is 3.05 bits per heavy atom. The molecule has 3 rings (SSSR count). The quantitative estimate of drug-likeness (QED) is 0.600. The second kappa shape index (κ2) is 6.12. The molecule has 1 atom stereocenters. The Hall–Kier alpha value is -2.45. The van der Waals surface area contributed by atoms with Gasteiger partial charge in [-0.2, -0.15) is 5.21 Å². The Kier molecular flexibility index (Phi) is 4.03. The number of tetrazole rings is 1. The van der Waals surface area contributed by atoms with E-state index in [1.165, 1.54) is 6.07 Å². The van der Waals surface area contributed by atoms with Crippen LogP contribution in [0, 0.1) is 0 Å². The molecule has 0 saturated carbocycles. The molecular weight excluding hydrogens is 310 g/mol. The zero-order valence-corrected chi connectivity index (χ0v) is 12.0. The summed E-state index contributed by atoms with van der Waals surface area (Å²) in [6.45, 7) is 0.235. The number of para-hydroxylation sites is 1. The van der Waals surface area contributed by atoms with Crippen LogP contribution >= 0.6 is 11.6 Å². The molecule has 1 aromatic carbocycles. The predicted octanol–water partition coefficient (Wildman–Crippen LogP) is 0.985.